The maximum atomic E-state index is 10.3. The van der Waals surface area contributed by atoms with Gasteiger partial charge < -0.3 is 5.11 Å². The molecule has 0 spiro atoms. The maximum absolute atomic E-state index is 10.3. The van der Waals surface area contributed by atoms with Crippen molar-refractivity contribution >= 4 is 12.2 Å². The van der Waals surface area contributed by atoms with Crippen LogP contribution in [0.25, 0.3) is 0 Å². The van der Waals surface area contributed by atoms with Gasteiger partial charge in [0.2, 0.25) is 12.8 Å². The fourth-order valence-corrected chi connectivity index (χ4v) is 0.862. The molecular weight excluding hydrogens is 118 g/mol. The third-order valence-corrected chi connectivity index (χ3v) is 1.45. The van der Waals surface area contributed by atoms with Crippen LogP contribution < -0.4 is 4.99 Å². The number of aliphatic imine (C=N–C) groups is 1. The Morgan fingerprint density at radius 1 is 1.78 bits per heavy atom. The van der Waals surface area contributed by atoms with Crippen molar-refractivity contribution in [2.24, 2.45) is 5.92 Å². The molecule has 0 aromatic heterocycles. The van der Waals surface area contributed by atoms with Crippen molar-refractivity contribution in [1.29, 1.82) is 0 Å². The van der Waals surface area contributed by atoms with E-state index in [0.717, 1.165) is 12.8 Å². The number of carboxylic acids is 1. The van der Waals surface area contributed by atoms with Crippen LogP contribution in [0.1, 0.15) is 12.8 Å². The third kappa shape index (κ3) is 1.52. The molecule has 1 heterocycles. The number of carboxylic acid groups (broad SMARTS) is 1. The third-order valence-electron chi connectivity index (χ3n) is 1.45. The first-order chi connectivity index (χ1) is 4.30. The van der Waals surface area contributed by atoms with E-state index in [0.29, 0.717) is 6.54 Å². The summed E-state index contributed by atoms with van der Waals surface area (Å²) < 4.78 is 0. The lowest BCUT2D eigenvalue weighted by Gasteiger charge is -2.02. The highest BCUT2D eigenvalue weighted by molar-refractivity contribution is 5.72. The summed E-state index contributed by atoms with van der Waals surface area (Å²) in [6.45, 7) is 0.468. The second kappa shape index (κ2) is 2.62. The van der Waals surface area contributed by atoms with Gasteiger partial charge in [0.15, 0.2) is 0 Å². The van der Waals surface area contributed by atoms with Crippen molar-refractivity contribution in [3.8, 4) is 0 Å². The van der Waals surface area contributed by atoms with Gasteiger partial charge in [-0.1, -0.05) is 0 Å². The number of rotatable bonds is 1. The Balaban J connectivity index is 2.44. The second-order valence-corrected chi connectivity index (χ2v) is 2.16. The first kappa shape index (κ1) is 6.26. The van der Waals surface area contributed by atoms with Gasteiger partial charge in [-0.25, -0.2) is 0 Å². The van der Waals surface area contributed by atoms with Gasteiger partial charge in [0.25, 0.3) is 0 Å². The lowest BCUT2D eigenvalue weighted by atomic mass is 10.0. The number of aliphatic carboxylic acids is 1. The van der Waals surface area contributed by atoms with Crippen LogP contribution in [0.3, 0.4) is 0 Å². The van der Waals surface area contributed by atoms with E-state index < -0.39 is 5.97 Å². The molecule has 0 aromatic rings. The number of nitrogens with zero attached hydrogens (tertiary/aromatic N) is 1. The molecule has 1 aliphatic rings. The van der Waals surface area contributed by atoms with E-state index in [2.05, 4.69) is 4.99 Å². The van der Waals surface area contributed by atoms with Gasteiger partial charge in [-0.05, 0) is 6.42 Å². The molecule has 1 aliphatic heterocycles. The van der Waals surface area contributed by atoms with E-state index >= 15 is 0 Å². The van der Waals surface area contributed by atoms with Crippen LogP contribution in [0.2, 0.25) is 0 Å². The van der Waals surface area contributed by atoms with Crippen molar-refractivity contribution in [3.05, 3.63) is 0 Å². The summed E-state index contributed by atoms with van der Waals surface area (Å²) in [7, 11) is 0. The van der Waals surface area contributed by atoms with Crippen LogP contribution in [0, 0.1) is 5.92 Å². The van der Waals surface area contributed by atoms with E-state index in [1.54, 1.807) is 6.21 Å². The summed E-state index contributed by atoms with van der Waals surface area (Å²) in [5.41, 5.74) is 0. The minimum Gasteiger partial charge on any atom is -0.481 e. The highest BCUT2D eigenvalue weighted by Gasteiger charge is 2.24. The molecule has 3 nitrogen and oxygen atoms in total. The lowest BCUT2D eigenvalue weighted by molar-refractivity contribution is -0.141. The Hall–Kier alpha value is -0.860. The van der Waals surface area contributed by atoms with Gasteiger partial charge in [0.1, 0.15) is 5.92 Å². The summed E-state index contributed by atoms with van der Waals surface area (Å²) in [5, 5.41) is 8.46. The monoisotopic (exact) mass is 127 g/mol. The summed E-state index contributed by atoms with van der Waals surface area (Å²) >= 11 is 0. The van der Waals surface area contributed by atoms with Gasteiger partial charge in [-0.15, -0.1) is 0 Å². The van der Waals surface area contributed by atoms with Crippen LogP contribution in [-0.2, 0) is 4.79 Å². The standard InChI is InChI=1S/C6H9NO2/c8-6(9)5-2-1-3-7-4-5/h3,5H,1-2,4H2,(H,8,9)/q+1. The number of hydrogen-bond donors (Lipinski definition) is 1. The Morgan fingerprint density at radius 3 is 2.89 bits per heavy atom. The Morgan fingerprint density at radius 2 is 2.56 bits per heavy atom. The average Bonchev–Trinajstić information content (AvgIpc) is 1.90. The summed E-state index contributed by atoms with van der Waals surface area (Å²) in [5.74, 6) is -0.943. The molecule has 0 saturated heterocycles. The fraction of sp³-hybridized carbons (Fsp3) is 0.667. The van der Waals surface area contributed by atoms with Crippen LogP contribution in [0.5, 0.6) is 0 Å². The topological polar surface area (TPSA) is 51.4 Å². The number of carbonyl (C=O) groups is 1. The minimum atomic E-state index is -0.716. The van der Waals surface area contributed by atoms with Crippen molar-refractivity contribution in [2.45, 2.75) is 12.8 Å². The van der Waals surface area contributed by atoms with Crippen LogP contribution in [0.4, 0.5) is 0 Å². The highest BCUT2D eigenvalue weighted by Crippen LogP contribution is 2.06. The zero-order chi connectivity index (χ0) is 6.69. The van der Waals surface area contributed by atoms with E-state index in [9.17, 15) is 4.79 Å². The molecule has 3 heteroatoms. The van der Waals surface area contributed by atoms with Crippen molar-refractivity contribution in [3.63, 3.8) is 0 Å². The van der Waals surface area contributed by atoms with Crippen molar-refractivity contribution in [1.82, 2.24) is 4.99 Å². The molecule has 0 amide bonds. The smallest absolute Gasteiger partial charge is 0.313 e. The zero-order valence-electron chi connectivity index (χ0n) is 5.08. The second-order valence-electron chi connectivity index (χ2n) is 2.16. The minimum absolute atomic E-state index is 0.227. The average molecular weight is 127 g/mol. The fourth-order valence-electron chi connectivity index (χ4n) is 0.862. The van der Waals surface area contributed by atoms with Crippen LogP contribution in [0.15, 0.2) is 0 Å². The lowest BCUT2D eigenvalue weighted by Crippen LogP contribution is -2.24. The van der Waals surface area contributed by atoms with Gasteiger partial charge in [0.05, 0.1) is 0 Å². The van der Waals surface area contributed by atoms with E-state index in [1.807, 2.05) is 0 Å². The molecule has 1 atom stereocenters. The molecule has 1 radical (unpaired) electrons. The zero-order valence-corrected chi connectivity index (χ0v) is 5.08. The van der Waals surface area contributed by atoms with Crippen LogP contribution in [-0.4, -0.2) is 23.8 Å². The Kier molecular flexibility index (Phi) is 1.82. The molecule has 49 valence electrons. The predicted molar refractivity (Wildman–Crippen MR) is 33.4 cm³/mol. The first-order valence-corrected chi connectivity index (χ1v) is 3.02. The molecule has 0 aliphatic carbocycles. The quantitative estimate of drug-likeness (QED) is 0.534. The van der Waals surface area contributed by atoms with Gasteiger partial charge in [-0.3, -0.25) is 4.79 Å². The molecule has 0 aromatic carbocycles. The normalized spacial score (nSPS) is 26.0. The molecule has 0 bridgehead atoms. The Bertz CT molecular complexity index is 142. The largest absolute Gasteiger partial charge is 0.481 e. The molecule has 0 fully saturated rings. The summed E-state index contributed by atoms with van der Waals surface area (Å²) in [6.07, 6.45) is 3.36. The van der Waals surface area contributed by atoms with Crippen molar-refractivity contribution < 1.29 is 9.90 Å². The maximum Gasteiger partial charge on any atom is 0.313 e. The Labute approximate surface area is 53.4 Å². The highest BCUT2D eigenvalue weighted by atomic mass is 16.4. The van der Waals surface area contributed by atoms with Crippen LogP contribution >= 0.6 is 0 Å². The van der Waals surface area contributed by atoms with Gasteiger partial charge in [0, 0.05) is 11.4 Å². The molecule has 1 unspecified atom stereocenters. The number of hydrogen-bond acceptors (Lipinski definition) is 2. The predicted octanol–water partition coefficient (Wildman–Crippen LogP) is -0.112. The SMILES string of the molecule is O=C(O)C1CCC=[N+]C1. The molecule has 9 heavy (non-hydrogen) atoms. The van der Waals surface area contributed by atoms with E-state index in [4.69, 9.17) is 5.11 Å². The first-order valence-electron chi connectivity index (χ1n) is 3.02. The molecule has 0 saturated carbocycles. The summed E-state index contributed by atoms with van der Waals surface area (Å²) in [6, 6.07) is 0. The molecule has 1 rings (SSSR count). The summed E-state index contributed by atoms with van der Waals surface area (Å²) in [4.78, 5) is 14.2. The van der Waals surface area contributed by atoms with E-state index in [1.165, 1.54) is 0 Å². The van der Waals surface area contributed by atoms with Gasteiger partial charge in [-0.2, -0.15) is 0 Å². The van der Waals surface area contributed by atoms with E-state index in [-0.39, 0.29) is 5.92 Å². The van der Waals surface area contributed by atoms with Gasteiger partial charge >= 0.3 is 5.97 Å². The molecular formula is C6H9NO2+. The molecule has 1 N–H and O–H groups in total. The van der Waals surface area contributed by atoms with Crippen molar-refractivity contribution in [2.75, 3.05) is 6.54 Å².